The molecule has 0 unspecified atom stereocenters. The molecule has 0 bridgehead atoms. The zero-order valence-corrected chi connectivity index (χ0v) is 16.2. The van der Waals surface area contributed by atoms with Gasteiger partial charge in [0.25, 0.3) is 0 Å². The molecule has 1 amide bonds. The van der Waals surface area contributed by atoms with Crippen LogP contribution in [0.1, 0.15) is 40.4 Å². The van der Waals surface area contributed by atoms with Crippen LogP contribution in [0.5, 0.6) is 0 Å². The number of aryl methyl sites for hydroxylation is 3. The molecule has 1 aromatic carbocycles. The van der Waals surface area contributed by atoms with Crippen molar-refractivity contribution in [2.75, 3.05) is 6.54 Å². The number of carbonyl (C=O) groups excluding carboxylic acids is 1. The molecule has 2 heterocycles. The molecule has 0 spiro atoms. The first-order valence-corrected chi connectivity index (χ1v) is 10.4. The molecule has 4 rings (SSSR count). The summed E-state index contributed by atoms with van der Waals surface area (Å²) < 4.78 is 1.84. The molecular weight excluding hydrogens is 356 g/mol. The summed E-state index contributed by atoms with van der Waals surface area (Å²) in [6, 6.07) is 9.99. The van der Waals surface area contributed by atoms with Gasteiger partial charge in [-0.25, -0.2) is 9.67 Å². The minimum Gasteiger partial charge on any atom is -0.356 e. The number of amides is 1. The van der Waals surface area contributed by atoms with Gasteiger partial charge in [-0.2, -0.15) is 5.10 Å². The first-order chi connectivity index (χ1) is 13.3. The average Bonchev–Trinajstić information content (AvgIpc) is 3.34. The Labute approximate surface area is 163 Å². The maximum absolute atomic E-state index is 12.1. The lowest BCUT2D eigenvalue weighted by Gasteiger charge is -2.06. The van der Waals surface area contributed by atoms with Crippen molar-refractivity contribution in [2.24, 2.45) is 0 Å². The second kappa shape index (κ2) is 8.48. The molecule has 1 aliphatic rings. The predicted molar refractivity (Wildman–Crippen MR) is 107 cm³/mol. The number of nitrogens with one attached hydrogen (secondary N) is 1. The van der Waals surface area contributed by atoms with Crippen LogP contribution in [-0.2, 0) is 30.5 Å². The summed E-state index contributed by atoms with van der Waals surface area (Å²) in [5.41, 5.74) is 3.39. The summed E-state index contributed by atoms with van der Waals surface area (Å²) >= 11 is 1.82. The highest BCUT2D eigenvalue weighted by Gasteiger charge is 2.15. The lowest BCUT2D eigenvalue weighted by Crippen LogP contribution is -2.25. The SMILES string of the molecule is O=C(CCc1cnn(-c2ccccc2)c1)NCCc1nc2c(s1)CCCC2. The van der Waals surface area contributed by atoms with Crippen LogP contribution in [0, 0.1) is 0 Å². The molecule has 27 heavy (non-hydrogen) atoms. The van der Waals surface area contributed by atoms with Crippen LogP contribution in [0.25, 0.3) is 5.69 Å². The van der Waals surface area contributed by atoms with Crippen molar-refractivity contribution in [3.8, 4) is 5.69 Å². The van der Waals surface area contributed by atoms with Crippen LogP contribution >= 0.6 is 11.3 Å². The van der Waals surface area contributed by atoms with Crippen LogP contribution in [0.15, 0.2) is 42.7 Å². The monoisotopic (exact) mass is 380 g/mol. The summed E-state index contributed by atoms with van der Waals surface area (Å²) in [5, 5.41) is 8.56. The number of hydrogen-bond donors (Lipinski definition) is 1. The Kier molecular flexibility index (Phi) is 5.63. The Morgan fingerprint density at radius 3 is 2.85 bits per heavy atom. The van der Waals surface area contributed by atoms with Crippen LogP contribution in [-0.4, -0.2) is 27.2 Å². The van der Waals surface area contributed by atoms with Gasteiger partial charge >= 0.3 is 0 Å². The first-order valence-electron chi connectivity index (χ1n) is 9.61. The molecule has 0 saturated heterocycles. The minimum absolute atomic E-state index is 0.0868. The zero-order valence-electron chi connectivity index (χ0n) is 15.4. The molecule has 0 radical (unpaired) electrons. The van der Waals surface area contributed by atoms with E-state index in [1.54, 1.807) is 0 Å². The van der Waals surface area contributed by atoms with E-state index in [0.29, 0.717) is 19.4 Å². The van der Waals surface area contributed by atoms with Crippen LogP contribution in [0.3, 0.4) is 0 Å². The van der Waals surface area contributed by atoms with E-state index in [9.17, 15) is 4.79 Å². The number of thiazole rings is 1. The summed E-state index contributed by atoms with van der Waals surface area (Å²) in [6.07, 6.45) is 10.7. The summed E-state index contributed by atoms with van der Waals surface area (Å²) in [5.74, 6) is 0.0868. The van der Waals surface area contributed by atoms with Crippen LogP contribution in [0.4, 0.5) is 0 Å². The molecule has 1 aliphatic carbocycles. The number of carbonyl (C=O) groups is 1. The Morgan fingerprint density at radius 1 is 1.15 bits per heavy atom. The van der Waals surface area contributed by atoms with Crippen molar-refractivity contribution in [3.63, 3.8) is 0 Å². The van der Waals surface area contributed by atoms with E-state index in [0.717, 1.165) is 29.1 Å². The van der Waals surface area contributed by atoms with Gasteiger partial charge in [0.1, 0.15) is 0 Å². The molecule has 2 aromatic heterocycles. The highest BCUT2D eigenvalue weighted by atomic mass is 32.1. The van der Waals surface area contributed by atoms with Gasteiger partial charge in [-0.1, -0.05) is 18.2 Å². The van der Waals surface area contributed by atoms with Crippen molar-refractivity contribution in [1.82, 2.24) is 20.1 Å². The Bertz CT molecular complexity index is 877. The van der Waals surface area contributed by atoms with Gasteiger partial charge in [0.05, 0.1) is 22.6 Å². The standard InChI is InChI=1S/C21H24N4OS/c26-20(22-13-12-21-24-18-8-4-5-9-19(18)27-21)11-10-16-14-23-25(15-16)17-6-2-1-3-7-17/h1-3,6-7,14-15H,4-5,8-13H2,(H,22,26). The second-order valence-electron chi connectivity index (χ2n) is 6.91. The molecule has 1 N–H and O–H groups in total. The normalized spacial score (nSPS) is 13.3. The van der Waals surface area contributed by atoms with E-state index in [-0.39, 0.29) is 5.91 Å². The van der Waals surface area contributed by atoms with Gasteiger partial charge in [-0.15, -0.1) is 11.3 Å². The smallest absolute Gasteiger partial charge is 0.220 e. The molecule has 0 saturated carbocycles. The van der Waals surface area contributed by atoms with E-state index in [1.165, 1.54) is 29.8 Å². The molecule has 140 valence electrons. The lowest BCUT2D eigenvalue weighted by atomic mass is 10.0. The predicted octanol–water partition coefficient (Wildman–Crippen LogP) is 3.50. The second-order valence-corrected chi connectivity index (χ2v) is 8.08. The number of rotatable bonds is 7. The van der Waals surface area contributed by atoms with Crippen molar-refractivity contribution < 1.29 is 4.79 Å². The van der Waals surface area contributed by atoms with Gasteiger partial charge in [0.2, 0.25) is 5.91 Å². The van der Waals surface area contributed by atoms with Gasteiger partial charge < -0.3 is 5.32 Å². The quantitative estimate of drug-likeness (QED) is 0.682. The average molecular weight is 381 g/mol. The van der Waals surface area contributed by atoms with Gasteiger partial charge in [0, 0.05) is 30.5 Å². The van der Waals surface area contributed by atoms with Crippen LogP contribution in [0.2, 0.25) is 0 Å². The van der Waals surface area contributed by atoms with Gasteiger partial charge in [-0.3, -0.25) is 4.79 Å². The zero-order chi connectivity index (χ0) is 18.5. The van der Waals surface area contributed by atoms with Crippen molar-refractivity contribution in [3.05, 3.63) is 63.9 Å². The highest BCUT2D eigenvalue weighted by molar-refractivity contribution is 7.11. The third-order valence-electron chi connectivity index (χ3n) is 4.85. The number of benzene rings is 1. The topological polar surface area (TPSA) is 59.8 Å². The third kappa shape index (κ3) is 4.63. The number of hydrogen-bond acceptors (Lipinski definition) is 4. The summed E-state index contributed by atoms with van der Waals surface area (Å²) in [4.78, 5) is 18.3. The summed E-state index contributed by atoms with van der Waals surface area (Å²) in [6.45, 7) is 0.661. The Balaban J connectivity index is 1.21. The van der Waals surface area contributed by atoms with Crippen molar-refractivity contribution in [1.29, 1.82) is 0 Å². The maximum Gasteiger partial charge on any atom is 0.220 e. The first kappa shape index (κ1) is 17.9. The molecule has 0 aliphatic heterocycles. The fraction of sp³-hybridized carbons (Fsp3) is 0.381. The van der Waals surface area contributed by atoms with E-state index < -0.39 is 0 Å². The summed E-state index contributed by atoms with van der Waals surface area (Å²) in [7, 11) is 0. The van der Waals surface area contributed by atoms with Crippen molar-refractivity contribution in [2.45, 2.75) is 44.9 Å². The van der Waals surface area contributed by atoms with E-state index in [4.69, 9.17) is 4.98 Å². The maximum atomic E-state index is 12.1. The molecule has 6 heteroatoms. The third-order valence-corrected chi connectivity index (χ3v) is 6.07. The molecule has 5 nitrogen and oxygen atoms in total. The van der Waals surface area contributed by atoms with E-state index in [1.807, 2.05) is 58.7 Å². The number of para-hydroxylation sites is 1. The van der Waals surface area contributed by atoms with Gasteiger partial charge in [-0.05, 0) is 49.8 Å². The van der Waals surface area contributed by atoms with E-state index in [2.05, 4.69) is 10.4 Å². The fourth-order valence-corrected chi connectivity index (χ4v) is 4.53. The lowest BCUT2D eigenvalue weighted by molar-refractivity contribution is -0.121. The number of aromatic nitrogens is 3. The van der Waals surface area contributed by atoms with Gasteiger partial charge in [0.15, 0.2) is 0 Å². The highest BCUT2D eigenvalue weighted by Crippen LogP contribution is 2.26. The molecule has 0 fully saturated rings. The molecule has 0 atom stereocenters. The fourth-order valence-electron chi connectivity index (χ4n) is 3.38. The molecule has 3 aromatic rings. The van der Waals surface area contributed by atoms with Crippen LogP contribution < -0.4 is 5.32 Å². The van der Waals surface area contributed by atoms with E-state index >= 15 is 0 Å². The number of fused-ring (bicyclic) bond motifs is 1. The largest absolute Gasteiger partial charge is 0.356 e. The minimum atomic E-state index is 0.0868. The molecular formula is C21H24N4OS. The Hall–Kier alpha value is -2.47. The Morgan fingerprint density at radius 2 is 2.00 bits per heavy atom. The number of nitrogens with zero attached hydrogens (tertiary/aromatic N) is 3. The van der Waals surface area contributed by atoms with Crippen molar-refractivity contribution >= 4 is 17.2 Å².